The quantitative estimate of drug-likeness (QED) is 0.502. The van der Waals surface area contributed by atoms with E-state index in [2.05, 4.69) is 31.6 Å². The van der Waals surface area contributed by atoms with Crippen molar-refractivity contribution in [3.63, 3.8) is 0 Å². The van der Waals surface area contributed by atoms with Gasteiger partial charge in [-0.1, -0.05) is 15.9 Å². The monoisotopic (exact) mass is 411 g/mol. The molecule has 7 heteroatoms. The van der Waals surface area contributed by atoms with Crippen LogP contribution >= 0.6 is 15.9 Å². The van der Waals surface area contributed by atoms with Gasteiger partial charge in [0, 0.05) is 11.0 Å². The summed E-state index contributed by atoms with van der Waals surface area (Å²) >= 11 is 3.39. The second kappa shape index (κ2) is 8.49. The van der Waals surface area contributed by atoms with Crippen molar-refractivity contribution >= 4 is 21.9 Å². The molecule has 0 saturated heterocycles. The number of nitrogens with one attached hydrogen (secondary N) is 2. The summed E-state index contributed by atoms with van der Waals surface area (Å²) < 4.78 is 19.7. The van der Waals surface area contributed by atoms with Crippen molar-refractivity contribution in [2.75, 3.05) is 13.1 Å². The zero-order valence-corrected chi connectivity index (χ0v) is 16.2. The average molecular weight is 412 g/mol. The van der Waals surface area contributed by atoms with Crippen molar-refractivity contribution in [3.8, 4) is 0 Å². The first-order chi connectivity index (χ1) is 11.8. The smallest absolute Gasteiger partial charge is 0.191 e. The topological polar surface area (TPSA) is 69.8 Å². The van der Waals surface area contributed by atoms with Crippen LogP contribution in [0.5, 0.6) is 0 Å². The molecule has 0 fully saturated rings. The summed E-state index contributed by atoms with van der Waals surface area (Å²) in [5.41, 5.74) is -0.435. The third-order valence-corrected chi connectivity index (χ3v) is 4.40. The summed E-state index contributed by atoms with van der Waals surface area (Å²) in [6, 6.07) is 8.06. The average Bonchev–Trinajstić information content (AvgIpc) is 3.00. The number of benzene rings is 1. The molecule has 25 heavy (non-hydrogen) atoms. The van der Waals surface area contributed by atoms with Gasteiger partial charge >= 0.3 is 0 Å². The Morgan fingerprint density at radius 3 is 2.72 bits per heavy atom. The highest BCUT2D eigenvalue weighted by atomic mass is 79.9. The lowest BCUT2D eigenvalue weighted by Crippen LogP contribution is -2.44. The highest BCUT2D eigenvalue weighted by Gasteiger charge is 2.27. The van der Waals surface area contributed by atoms with E-state index in [1.807, 2.05) is 19.9 Å². The Bertz CT molecular complexity index is 744. The number of furan rings is 1. The molecule has 1 aromatic carbocycles. The Hall–Kier alpha value is -1.86. The molecule has 0 aliphatic heterocycles. The Balaban J connectivity index is 2.06. The fraction of sp³-hybridized carbons (Fsp3) is 0.389. The lowest BCUT2D eigenvalue weighted by molar-refractivity contribution is 0.0378. The number of hydrogen-bond acceptors (Lipinski definition) is 3. The Labute approximate surface area is 155 Å². The molecule has 0 saturated carbocycles. The zero-order chi connectivity index (χ0) is 18.4. The number of aryl methyl sites for hydroxylation is 1. The zero-order valence-electron chi connectivity index (χ0n) is 14.6. The van der Waals surface area contributed by atoms with Gasteiger partial charge in [0.05, 0.1) is 13.1 Å². The van der Waals surface area contributed by atoms with Crippen molar-refractivity contribution in [2.24, 2.45) is 4.99 Å². The maximum absolute atomic E-state index is 13.4. The number of guanidine groups is 1. The van der Waals surface area contributed by atoms with Crippen molar-refractivity contribution in [2.45, 2.75) is 32.9 Å². The van der Waals surface area contributed by atoms with Crippen molar-refractivity contribution < 1.29 is 13.9 Å². The number of hydrogen-bond donors (Lipinski definition) is 3. The van der Waals surface area contributed by atoms with Gasteiger partial charge in [0.25, 0.3) is 0 Å². The first-order valence-corrected chi connectivity index (χ1v) is 8.86. The van der Waals surface area contributed by atoms with Gasteiger partial charge in [-0.3, -0.25) is 0 Å². The van der Waals surface area contributed by atoms with Gasteiger partial charge in [-0.2, -0.15) is 0 Å². The van der Waals surface area contributed by atoms with Gasteiger partial charge in [0.1, 0.15) is 22.9 Å². The van der Waals surface area contributed by atoms with Crippen LogP contribution in [0.1, 0.15) is 30.9 Å². The molecule has 5 nitrogen and oxygen atoms in total. The number of rotatable bonds is 6. The first kappa shape index (κ1) is 19.5. The van der Waals surface area contributed by atoms with Gasteiger partial charge in [-0.05, 0) is 56.7 Å². The van der Waals surface area contributed by atoms with Gasteiger partial charge in [-0.25, -0.2) is 9.38 Å². The second-order valence-corrected chi connectivity index (χ2v) is 6.82. The first-order valence-electron chi connectivity index (χ1n) is 8.07. The number of aliphatic imine (C=N–C) groups is 1. The van der Waals surface area contributed by atoms with Crippen molar-refractivity contribution in [3.05, 3.63) is 57.7 Å². The molecule has 3 N–H and O–H groups in total. The summed E-state index contributed by atoms with van der Waals surface area (Å²) in [4.78, 5) is 4.44. The summed E-state index contributed by atoms with van der Waals surface area (Å²) in [5, 5.41) is 16.8. The van der Waals surface area contributed by atoms with Crippen LogP contribution in [0.25, 0.3) is 0 Å². The fourth-order valence-corrected chi connectivity index (χ4v) is 2.61. The molecular weight excluding hydrogens is 389 g/mol. The molecule has 1 aromatic heterocycles. The van der Waals surface area contributed by atoms with Gasteiger partial charge in [0.15, 0.2) is 5.96 Å². The van der Waals surface area contributed by atoms with E-state index >= 15 is 0 Å². The molecule has 1 heterocycles. The molecular formula is C18H23BrFN3O2. The Morgan fingerprint density at radius 2 is 2.08 bits per heavy atom. The predicted octanol–water partition coefficient (Wildman–Crippen LogP) is 3.45. The van der Waals surface area contributed by atoms with E-state index in [4.69, 9.17) is 4.42 Å². The Kier molecular flexibility index (Phi) is 6.61. The lowest BCUT2D eigenvalue weighted by Gasteiger charge is -2.22. The molecule has 0 bridgehead atoms. The van der Waals surface area contributed by atoms with Crippen LogP contribution in [-0.2, 0) is 12.1 Å². The van der Waals surface area contributed by atoms with E-state index < -0.39 is 5.60 Å². The minimum Gasteiger partial charge on any atom is -0.463 e. The largest absolute Gasteiger partial charge is 0.463 e. The Morgan fingerprint density at radius 1 is 1.32 bits per heavy atom. The molecule has 0 aliphatic carbocycles. The summed E-state index contributed by atoms with van der Waals surface area (Å²) in [5.74, 6) is 1.46. The van der Waals surface area contributed by atoms with Crippen molar-refractivity contribution in [1.82, 2.24) is 10.6 Å². The van der Waals surface area contributed by atoms with E-state index in [9.17, 15) is 9.50 Å². The maximum atomic E-state index is 13.4. The van der Waals surface area contributed by atoms with Crippen LogP contribution < -0.4 is 10.6 Å². The van der Waals surface area contributed by atoms with E-state index in [1.165, 1.54) is 12.1 Å². The molecule has 2 aromatic rings. The lowest BCUT2D eigenvalue weighted by atomic mass is 10.0. The third kappa shape index (κ3) is 5.57. The van der Waals surface area contributed by atoms with Crippen LogP contribution in [0.15, 0.2) is 44.2 Å². The van der Waals surface area contributed by atoms with Crippen LogP contribution in [-0.4, -0.2) is 24.2 Å². The molecule has 0 spiro atoms. The molecule has 0 amide bonds. The number of halogens is 2. The predicted molar refractivity (Wildman–Crippen MR) is 99.9 cm³/mol. The molecule has 0 aliphatic rings. The minimum absolute atomic E-state index is 0.218. The van der Waals surface area contributed by atoms with Crippen LogP contribution in [0, 0.1) is 12.7 Å². The van der Waals surface area contributed by atoms with E-state index in [1.54, 1.807) is 19.1 Å². The molecule has 1 unspecified atom stereocenters. The molecule has 0 radical (unpaired) electrons. The van der Waals surface area contributed by atoms with Crippen molar-refractivity contribution in [1.29, 1.82) is 0 Å². The minimum atomic E-state index is -1.18. The third-order valence-electron chi connectivity index (χ3n) is 3.63. The standard InChI is InChI=1S/C18H23BrFN3O2/c1-4-21-17(22-10-13-9-14(20)6-7-15(13)19)23-11-18(3,24)16-8-5-12(2)25-16/h5-9,24H,4,10-11H2,1-3H3,(H2,21,22,23). The SMILES string of the molecule is CCNC(=NCc1cc(F)ccc1Br)NCC(C)(O)c1ccc(C)o1. The second-order valence-electron chi connectivity index (χ2n) is 5.97. The summed E-state index contributed by atoms with van der Waals surface area (Å²) in [6.07, 6.45) is 0. The van der Waals surface area contributed by atoms with E-state index in [0.717, 1.165) is 15.8 Å². The van der Waals surface area contributed by atoms with E-state index in [-0.39, 0.29) is 12.4 Å². The van der Waals surface area contributed by atoms with Crippen LogP contribution in [0.3, 0.4) is 0 Å². The molecule has 1 atom stereocenters. The van der Waals surface area contributed by atoms with Gasteiger partial charge in [-0.15, -0.1) is 0 Å². The molecule has 2 rings (SSSR count). The maximum Gasteiger partial charge on any atom is 0.191 e. The summed E-state index contributed by atoms with van der Waals surface area (Å²) in [7, 11) is 0. The number of nitrogens with zero attached hydrogens (tertiary/aromatic N) is 1. The normalized spacial score (nSPS) is 14.2. The number of aliphatic hydroxyl groups is 1. The van der Waals surface area contributed by atoms with Crippen LogP contribution in [0.2, 0.25) is 0 Å². The van der Waals surface area contributed by atoms with Gasteiger partial charge in [0.2, 0.25) is 0 Å². The fourth-order valence-electron chi connectivity index (χ4n) is 2.24. The highest BCUT2D eigenvalue weighted by Crippen LogP contribution is 2.22. The summed E-state index contributed by atoms with van der Waals surface area (Å²) in [6.45, 7) is 6.63. The molecule has 136 valence electrons. The van der Waals surface area contributed by atoms with Gasteiger partial charge < -0.3 is 20.2 Å². The highest BCUT2D eigenvalue weighted by molar-refractivity contribution is 9.10. The van der Waals surface area contributed by atoms with E-state index in [0.29, 0.717) is 24.8 Å². The van der Waals surface area contributed by atoms with Crippen LogP contribution in [0.4, 0.5) is 4.39 Å².